The summed E-state index contributed by atoms with van der Waals surface area (Å²) in [6.07, 6.45) is -1.48. The summed E-state index contributed by atoms with van der Waals surface area (Å²) in [6.45, 7) is 1.21. The SMILES string of the molecule is CC#C[C@@]1(N)C(O)[C@@H](CO)O[C@H]1n1cnc2c(=S)nc(N)[nH]c21. The summed E-state index contributed by atoms with van der Waals surface area (Å²) in [6, 6.07) is 0. The molecule has 3 rings (SSSR count). The summed E-state index contributed by atoms with van der Waals surface area (Å²) < 4.78 is 7.48. The monoisotopic (exact) mass is 336 g/mol. The van der Waals surface area contributed by atoms with Gasteiger partial charge in [-0.05, 0) is 6.92 Å². The minimum absolute atomic E-state index is 0.116. The number of ether oxygens (including phenoxy) is 1. The largest absolute Gasteiger partial charge is 0.394 e. The molecule has 10 heteroatoms. The summed E-state index contributed by atoms with van der Waals surface area (Å²) in [5, 5.41) is 19.8. The van der Waals surface area contributed by atoms with Crippen LogP contribution in [0.3, 0.4) is 0 Å². The van der Waals surface area contributed by atoms with E-state index in [1.165, 1.54) is 6.33 Å². The van der Waals surface area contributed by atoms with Gasteiger partial charge in [-0.3, -0.25) is 4.57 Å². The second kappa shape index (κ2) is 5.55. The van der Waals surface area contributed by atoms with Crippen molar-refractivity contribution in [3.8, 4) is 11.8 Å². The molecule has 9 nitrogen and oxygen atoms in total. The highest BCUT2D eigenvalue weighted by atomic mass is 32.1. The van der Waals surface area contributed by atoms with Crippen LogP contribution in [0.2, 0.25) is 0 Å². The number of nitrogen functional groups attached to an aromatic ring is 1. The highest BCUT2D eigenvalue weighted by Crippen LogP contribution is 2.37. The van der Waals surface area contributed by atoms with Crippen molar-refractivity contribution >= 4 is 29.3 Å². The van der Waals surface area contributed by atoms with Gasteiger partial charge in [0.05, 0.1) is 12.9 Å². The van der Waals surface area contributed by atoms with Gasteiger partial charge in [0.25, 0.3) is 0 Å². The van der Waals surface area contributed by atoms with Crippen molar-refractivity contribution in [2.24, 2.45) is 5.73 Å². The molecule has 1 aliphatic heterocycles. The number of H-pyrrole nitrogens is 1. The third-order valence-electron chi connectivity index (χ3n) is 3.79. The fraction of sp³-hybridized carbons (Fsp3) is 0.462. The first-order valence-corrected chi connectivity index (χ1v) is 7.22. The number of nitrogens with one attached hydrogen (secondary N) is 1. The molecule has 4 atom stereocenters. The van der Waals surface area contributed by atoms with Crippen molar-refractivity contribution in [2.75, 3.05) is 12.3 Å². The maximum atomic E-state index is 10.4. The molecule has 1 fully saturated rings. The van der Waals surface area contributed by atoms with E-state index < -0.39 is 30.6 Å². The Balaban J connectivity index is 2.20. The van der Waals surface area contributed by atoms with Gasteiger partial charge in [-0.2, -0.15) is 0 Å². The molecule has 1 saturated heterocycles. The standard InChI is InChI=1S/C13H16N6O3S/c1-2-3-13(15)8(21)6(4-20)22-11(13)19-5-16-7-9(19)17-12(14)18-10(7)23/h5-6,8,11,20-21H,4,15H2,1H3,(H3,14,17,18,23)/t6-,8?,11-,13-/m1/s1. The van der Waals surface area contributed by atoms with Crippen LogP contribution < -0.4 is 11.5 Å². The number of hydrogen-bond donors (Lipinski definition) is 5. The van der Waals surface area contributed by atoms with Gasteiger partial charge in [0.15, 0.2) is 22.4 Å². The maximum Gasteiger partial charge on any atom is 0.200 e. The zero-order valence-corrected chi connectivity index (χ0v) is 13.0. The number of nitrogens with two attached hydrogens (primary N) is 2. The molecule has 0 amide bonds. The van der Waals surface area contributed by atoms with Gasteiger partial charge in [0.2, 0.25) is 0 Å². The number of rotatable bonds is 2. The Kier molecular flexibility index (Phi) is 3.83. The highest BCUT2D eigenvalue weighted by Gasteiger charge is 2.54. The summed E-state index contributed by atoms with van der Waals surface area (Å²) in [5.41, 5.74) is 11.4. The van der Waals surface area contributed by atoms with E-state index in [1.54, 1.807) is 11.5 Å². The summed E-state index contributed by atoms with van der Waals surface area (Å²) >= 11 is 5.13. The molecule has 23 heavy (non-hydrogen) atoms. The Morgan fingerprint density at radius 3 is 3.00 bits per heavy atom. The van der Waals surface area contributed by atoms with Crippen molar-refractivity contribution in [1.29, 1.82) is 0 Å². The van der Waals surface area contributed by atoms with Crippen molar-refractivity contribution in [3.05, 3.63) is 11.0 Å². The van der Waals surface area contributed by atoms with E-state index in [-0.39, 0.29) is 10.6 Å². The van der Waals surface area contributed by atoms with E-state index in [1.807, 2.05) is 0 Å². The first-order valence-electron chi connectivity index (χ1n) is 6.82. The lowest BCUT2D eigenvalue weighted by molar-refractivity contribution is -0.0447. The van der Waals surface area contributed by atoms with Gasteiger partial charge >= 0.3 is 0 Å². The fourth-order valence-electron chi connectivity index (χ4n) is 2.73. The molecular formula is C13H16N6O3S. The van der Waals surface area contributed by atoms with E-state index in [0.717, 1.165) is 0 Å². The highest BCUT2D eigenvalue weighted by molar-refractivity contribution is 7.71. The fourth-order valence-corrected chi connectivity index (χ4v) is 2.98. The number of anilines is 1. The minimum atomic E-state index is -1.43. The van der Waals surface area contributed by atoms with Crippen molar-refractivity contribution < 1.29 is 14.9 Å². The van der Waals surface area contributed by atoms with Gasteiger partial charge in [-0.15, -0.1) is 5.92 Å². The third kappa shape index (κ3) is 2.30. The number of aliphatic hydroxyl groups excluding tert-OH is 2. The van der Waals surface area contributed by atoms with E-state index in [2.05, 4.69) is 26.8 Å². The van der Waals surface area contributed by atoms with Crippen molar-refractivity contribution in [2.45, 2.75) is 30.9 Å². The molecular weight excluding hydrogens is 320 g/mol. The maximum absolute atomic E-state index is 10.4. The molecule has 1 unspecified atom stereocenters. The van der Waals surface area contributed by atoms with Gasteiger partial charge in [-0.1, -0.05) is 18.1 Å². The smallest absolute Gasteiger partial charge is 0.200 e. The average molecular weight is 336 g/mol. The molecule has 3 heterocycles. The van der Waals surface area contributed by atoms with E-state index in [4.69, 9.17) is 28.4 Å². The van der Waals surface area contributed by atoms with Crippen LogP contribution in [0.1, 0.15) is 13.2 Å². The van der Waals surface area contributed by atoms with Gasteiger partial charge in [-0.25, -0.2) is 9.97 Å². The van der Waals surface area contributed by atoms with Crippen LogP contribution in [-0.2, 0) is 4.74 Å². The van der Waals surface area contributed by atoms with Crippen LogP contribution in [0.5, 0.6) is 0 Å². The number of imidazole rings is 1. The molecule has 122 valence electrons. The Hall–Kier alpha value is -2.03. The van der Waals surface area contributed by atoms with Crippen LogP contribution in [-0.4, -0.2) is 54.1 Å². The summed E-state index contributed by atoms with van der Waals surface area (Å²) in [4.78, 5) is 11.0. The zero-order chi connectivity index (χ0) is 16.8. The normalized spacial score (nSPS) is 30.3. The first-order chi connectivity index (χ1) is 10.9. The van der Waals surface area contributed by atoms with Gasteiger partial charge in [0.1, 0.15) is 23.4 Å². The molecule has 2 aromatic rings. The Bertz CT molecular complexity index is 868. The van der Waals surface area contributed by atoms with Crippen molar-refractivity contribution in [1.82, 2.24) is 19.5 Å². The van der Waals surface area contributed by atoms with Crippen LogP contribution in [0.15, 0.2) is 6.33 Å². The minimum Gasteiger partial charge on any atom is -0.394 e. The molecule has 2 aromatic heterocycles. The topological polar surface area (TPSA) is 148 Å². The number of aromatic amines is 1. The number of aromatic nitrogens is 4. The Morgan fingerprint density at radius 2 is 2.35 bits per heavy atom. The second-order valence-electron chi connectivity index (χ2n) is 5.24. The number of fused-ring (bicyclic) bond motifs is 1. The van der Waals surface area contributed by atoms with Crippen LogP contribution in [0, 0.1) is 16.5 Å². The van der Waals surface area contributed by atoms with Gasteiger partial charge < -0.3 is 31.4 Å². The predicted octanol–water partition coefficient (Wildman–Crippen LogP) is -0.958. The van der Waals surface area contributed by atoms with Crippen LogP contribution >= 0.6 is 12.2 Å². The molecule has 7 N–H and O–H groups in total. The Morgan fingerprint density at radius 1 is 1.61 bits per heavy atom. The third-order valence-corrected chi connectivity index (χ3v) is 4.08. The average Bonchev–Trinajstić information content (AvgIpc) is 3.01. The predicted molar refractivity (Wildman–Crippen MR) is 84.5 cm³/mol. The molecule has 0 aliphatic carbocycles. The molecule has 0 radical (unpaired) electrons. The lowest BCUT2D eigenvalue weighted by Gasteiger charge is -2.27. The lowest BCUT2D eigenvalue weighted by Crippen LogP contribution is -2.53. The summed E-state index contributed by atoms with van der Waals surface area (Å²) in [5.74, 6) is 5.58. The van der Waals surface area contributed by atoms with E-state index in [9.17, 15) is 10.2 Å². The van der Waals surface area contributed by atoms with Crippen molar-refractivity contribution in [3.63, 3.8) is 0 Å². The molecule has 1 aliphatic rings. The van der Waals surface area contributed by atoms with E-state index in [0.29, 0.717) is 11.2 Å². The van der Waals surface area contributed by atoms with Gasteiger partial charge in [0, 0.05) is 0 Å². The lowest BCUT2D eigenvalue weighted by atomic mass is 9.91. The molecule has 0 spiro atoms. The van der Waals surface area contributed by atoms with Crippen LogP contribution in [0.4, 0.5) is 5.95 Å². The second-order valence-corrected chi connectivity index (χ2v) is 5.63. The number of nitrogens with zero attached hydrogens (tertiary/aromatic N) is 3. The van der Waals surface area contributed by atoms with Crippen LogP contribution in [0.25, 0.3) is 11.2 Å². The zero-order valence-electron chi connectivity index (χ0n) is 12.2. The van der Waals surface area contributed by atoms with E-state index >= 15 is 0 Å². The number of hydrogen-bond acceptors (Lipinski definition) is 8. The Labute approximate surface area is 136 Å². The molecule has 0 aromatic carbocycles. The number of aliphatic hydroxyl groups is 2. The quantitative estimate of drug-likeness (QED) is 0.348. The molecule has 0 saturated carbocycles. The molecule has 0 bridgehead atoms. The first kappa shape index (κ1) is 15.9. The summed E-state index contributed by atoms with van der Waals surface area (Å²) in [7, 11) is 0.